The minimum Gasteiger partial charge on any atom is -0.478 e. The number of amides is 1. The zero-order valence-corrected chi connectivity index (χ0v) is 11.3. The molecule has 6 heteroatoms. The molecule has 0 saturated carbocycles. The normalized spacial score (nSPS) is 10.5. The van der Waals surface area contributed by atoms with Gasteiger partial charge in [0.15, 0.2) is 0 Å². The van der Waals surface area contributed by atoms with Crippen LogP contribution in [-0.2, 0) is 4.79 Å². The Labute approximate surface area is 121 Å². The molecule has 0 fully saturated rings. The number of hydrogen-bond donors (Lipinski definition) is 2. The number of aliphatic carboxylic acids is 1. The summed E-state index contributed by atoms with van der Waals surface area (Å²) < 4.78 is 0. The summed E-state index contributed by atoms with van der Waals surface area (Å²) in [4.78, 5) is 30.6. The van der Waals surface area contributed by atoms with Gasteiger partial charge in [0.2, 0.25) is 0 Å². The summed E-state index contributed by atoms with van der Waals surface area (Å²) in [5.74, 6) is -0.966. The molecule has 0 radical (unpaired) electrons. The molecule has 0 aromatic carbocycles. The second-order valence-corrected chi connectivity index (χ2v) is 4.30. The highest BCUT2D eigenvalue weighted by Crippen LogP contribution is 2.09. The maximum atomic E-state index is 12.1. The molecule has 2 N–H and O–H groups in total. The Kier molecular flexibility index (Phi) is 4.40. The van der Waals surface area contributed by atoms with Crippen LogP contribution in [0.2, 0.25) is 0 Å². The standard InChI is InChI=1S/C15H13N3O3/c1-10-3-2-4-13(17-10)18-15(21)12-7-11(8-16-9-12)5-6-14(19)20/h2-9H,1H3,(H,19,20)(H,17,18,21). The largest absolute Gasteiger partial charge is 0.478 e. The fraction of sp³-hybridized carbons (Fsp3) is 0.0667. The Balaban J connectivity index is 2.16. The number of hydrogen-bond acceptors (Lipinski definition) is 4. The van der Waals surface area contributed by atoms with Crippen LogP contribution in [0.25, 0.3) is 6.08 Å². The molecule has 0 bridgehead atoms. The molecule has 0 atom stereocenters. The summed E-state index contributed by atoms with van der Waals surface area (Å²) in [6.45, 7) is 1.83. The minimum atomic E-state index is -1.06. The van der Waals surface area contributed by atoms with Gasteiger partial charge in [0.25, 0.3) is 5.91 Å². The van der Waals surface area contributed by atoms with Gasteiger partial charge < -0.3 is 10.4 Å². The summed E-state index contributed by atoms with van der Waals surface area (Å²) >= 11 is 0. The third kappa shape index (κ3) is 4.24. The number of aryl methyl sites for hydroxylation is 1. The van der Waals surface area contributed by atoms with Crippen molar-refractivity contribution >= 4 is 23.8 Å². The molecule has 21 heavy (non-hydrogen) atoms. The van der Waals surface area contributed by atoms with Gasteiger partial charge in [-0.15, -0.1) is 0 Å². The monoisotopic (exact) mass is 283 g/mol. The van der Waals surface area contributed by atoms with Crippen LogP contribution in [0.3, 0.4) is 0 Å². The van der Waals surface area contributed by atoms with Crippen molar-refractivity contribution in [2.75, 3.05) is 5.32 Å². The summed E-state index contributed by atoms with van der Waals surface area (Å²) in [6, 6.07) is 6.86. The first-order valence-electron chi connectivity index (χ1n) is 6.15. The van der Waals surface area contributed by atoms with Crippen molar-refractivity contribution in [1.82, 2.24) is 9.97 Å². The maximum absolute atomic E-state index is 12.1. The summed E-state index contributed by atoms with van der Waals surface area (Å²) in [6.07, 6.45) is 5.24. The van der Waals surface area contributed by atoms with Gasteiger partial charge in [-0.2, -0.15) is 0 Å². The van der Waals surface area contributed by atoms with Crippen LogP contribution < -0.4 is 5.32 Å². The van der Waals surface area contributed by atoms with Crippen LogP contribution in [0, 0.1) is 6.92 Å². The van der Waals surface area contributed by atoms with Crippen LogP contribution in [-0.4, -0.2) is 27.0 Å². The molecule has 0 spiro atoms. The highest BCUT2D eigenvalue weighted by molar-refractivity contribution is 6.03. The quantitative estimate of drug-likeness (QED) is 0.839. The average molecular weight is 283 g/mol. The van der Waals surface area contributed by atoms with Crippen molar-refractivity contribution in [3.63, 3.8) is 0 Å². The number of rotatable bonds is 4. The van der Waals surface area contributed by atoms with Crippen molar-refractivity contribution in [2.24, 2.45) is 0 Å². The number of carboxylic acids is 1. The molecule has 2 aromatic heterocycles. The lowest BCUT2D eigenvalue weighted by atomic mass is 10.2. The van der Waals surface area contributed by atoms with Gasteiger partial charge >= 0.3 is 5.97 Å². The zero-order valence-electron chi connectivity index (χ0n) is 11.3. The molecule has 106 valence electrons. The molecule has 0 aliphatic carbocycles. The number of aromatic nitrogens is 2. The van der Waals surface area contributed by atoms with E-state index < -0.39 is 5.97 Å². The second kappa shape index (κ2) is 6.42. The Morgan fingerprint density at radius 2 is 2.10 bits per heavy atom. The van der Waals surface area contributed by atoms with Gasteiger partial charge in [0.1, 0.15) is 5.82 Å². The first-order valence-corrected chi connectivity index (χ1v) is 6.15. The second-order valence-electron chi connectivity index (χ2n) is 4.30. The van der Waals surface area contributed by atoms with E-state index in [1.165, 1.54) is 18.5 Å². The molecular weight excluding hydrogens is 270 g/mol. The van der Waals surface area contributed by atoms with E-state index in [1.807, 2.05) is 13.0 Å². The minimum absolute atomic E-state index is 0.325. The van der Waals surface area contributed by atoms with E-state index >= 15 is 0 Å². The number of nitrogens with one attached hydrogen (secondary N) is 1. The Morgan fingerprint density at radius 3 is 2.81 bits per heavy atom. The molecule has 0 saturated heterocycles. The van der Waals surface area contributed by atoms with Gasteiger partial charge in [0, 0.05) is 24.2 Å². The lowest BCUT2D eigenvalue weighted by Crippen LogP contribution is -2.13. The van der Waals surface area contributed by atoms with E-state index in [4.69, 9.17) is 5.11 Å². The number of carbonyl (C=O) groups is 2. The molecule has 2 heterocycles. The maximum Gasteiger partial charge on any atom is 0.328 e. The predicted molar refractivity (Wildman–Crippen MR) is 77.8 cm³/mol. The summed E-state index contributed by atoms with van der Waals surface area (Å²) in [5.41, 5.74) is 1.65. The zero-order chi connectivity index (χ0) is 15.2. The van der Waals surface area contributed by atoms with Crippen molar-refractivity contribution in [3.05, 3.63) is 59.6 Å². The molecule has 0 aliphatic rings. The molecule has 2 rings (SSSR count). The van der Waals surface area contributed by atoms with E-state index in [2.05, 4.69) is 15.3 Å². The van der Waals surface area contributed by atoms with Crippen LogP contribution in [0.5, 0.6) is 0 Å². The van der Waals surface area contributed by atoms with Crippen LogP contribution in [0.15, 0.2) is 42.7 Å². The Morgan fingerprint density at radius 1 is 1.29 bits per heavy atom. The Bertz CT molecular complexity index is 711. The lowest BCUT2D eigenvalue weighted by molar-refractivity contribution is -0.131. The SMILES string of the molecule is Cc1cccc(NC(=O)c2cncc(C=CC(=O)O)c2)n1. The number of carboxylic acid groups (broad SMARTS) is 1. The van der Waals surface area contributed by atoms with E-state index in [-0.39, 0.29) is 5.91 Å². The highest BCUT2D eigenvalue weighted by atomic mass is 16.4. The summed E-state index contributed by atoms with van der Waals surface area (Å²) in [5, 5.41) is 11.2. The molecule has 6 nitrogen and oxygen atoms in total. The number of pyridine rings is 2. The fourth-order valence-corrected chi connectivity index (χ4v) is 1.64. The smallest absolute Gasteiger partial charge is 0.328 e. The van der Waals surface area contributed by atoms with Crippen LogP contribution >= 0.6 is 0 Å². The van der Waals surface area contributed by atoms with Gasteiger partial charge in [-0.05, 0) is 36.8 Å². The van der Waals surface area contributed by atoms with Gasteiger partial charge in [-0.1, -0.05) is 6.07 Å². The molecule has 0 unspecified atom stereocenters. The third-order valence-corrected chi connectivity index (χ3v) is 2.57. The first kappa shape index (κ1) is 14.4. The average Bonchev–Trinajstić information content (AvgIpc) is 2.45. The molecular formula is C15H13N3O3. The van der Waals surface area contributed by atoms with Crippen molar-refractivity contribution < 1.29 is 14.7 Å². The van der Waals surface area contributed by atoms with E-state index in [1.54, 1.807) is 18.2 Å². The number of nitrogens with zero attached hydrogens (tertiary/aromatic N) is 2. The number of anilines is 1. The topological polar surface area (TPSA) is 92.2 Å². The molecule has 0 aliphatic heterocycles. The lowest BCUT2D eigenvalue weighted by Gasteiger charge is -2.05. The third-order valence-electron chi connectivity index (χ3n) is 2.57. The van der Waals surface area contributed by atoms with Gasteiger partial charge in [-0.25, -0.2) is 9.78 Å². The highest BCUT2D eigenvalue weighted by Gasteiger charge is 2.07. The van der Waals surface area contributed by atoms with Crippen molar-refractivity contribution in [3.8, 4) is 0 Å². The van der Waals surface area contributed by atoms with Gasteiger partial charge in [0.05, 0.1) is 5.56 Å². The fourth-order valence-electron chi connectivity index (χ4n) is 1.64. The van der Waals surface area contributed by atoms with Crippen molar-refractivity contribution in [1.29, 1.82) is 0 Å². The van der Waals surface area contributed by atoms with Crippen LogP contribution in [0.1, 0.15) is 21.6 Å². The first-order chi connectivity index (χ1) is 10.0. The van der Waals surface area contributed by atoms with E-state index in [0.717, 1.165) is 11.8 Å². The summed E-state index contributed by atoms with van der Waals surface area (Å²) in [7, 11) is 0. The molecule has 1 amide bonds. The predicted octanol–water partition coefficient (Wildman–Crippen LogP) is 2.14. The van der Waals surface area contributed by atoms with Crippen molar-refractivity contribution in [2.45, 2.75) is 6.92 Å². The Hall–Kier alpha value is -3.02. The van der Waals surface area contributed by atoms with E-state index in [9.17, 15) is 9.59 Å². The molecule has 2 aromatic rings. The van der Waals surface area contributed by atoms with Crippen LogP contribution in [0.4, 0.5) is 5.82 Å². The number of carbonyl (C=O) groups excluding carboxylic acids is 1. The van der Waals surface area contributed by atoms with E-state index in [0.29, 0.717) is 16.9 Å². The van der Waals surface area contributed by atoms with Gasteiger partial charge in [-0.3, -0.25) is 9.78 Å².